The van der Waals surface area contributed by atoms with Crippen molar-refractivity contribution in [1.29, 1.82) is 0 Å². The summed E-state index contributed by atoms with van der Waals surface area (Å²) < 4.78 is 3.17. The number of hydrogen-bond acceptors (Lipinski definition) is 3. The highest BCUT2D eigenvalue weighted by Crippen LogP contribution is 2.19. The second kappa shape index (κ2) is 5.14. The topological polar surface area (TPSA) is 65.8 Å². The van der Waals surface area contributed by atoms with Gasteiger partial charge in [0.2, 0.25) is 0 Å². The summed E-state index contributed by atoms with van der Waals surface area (Å²) in [5, 5.41) is 4.78. The Morgan fingerprint density at radius 3 is 2.79 bits per heavy atom. The van der Waals surface area contributed by atoms with Crippen LogP contribution in [0.2, 0.25) is 5.02 Å². The molecule has 0 aliphatic rings. The predicted molar refractivity (Wildman–Crippen MR) is 78.6 cm³/mol. The average Bonchev–Trinajstić information content (AvgIpc) is 2.58. The van der Waals surface area contributed by atoms with E-state index in [1.165, 1.54) is 4.57 Å². The first-order valence-corrected chi connectivity index (χ1v) is 6.37. The quantitative estimate of drug-likeness (QED) is 0.865. The fourth-order valence-corrected chi connectivity index (χ4v) is 2.24. The van der Waals surface area contributed by atoms with Gasteiger partial charge < -0.3 is 10.3 Å². The zero-order valence-electron chi connectivity index (χ0n) is 10.6. The number of pyridine rings is 1. The van der Waals surface area contributed by atoms with Crippen molar-refractivity contribution in [3.63, 3.8) is 0 Å². The van der Waals surface area contributed by atoms with Gasteiger partial charge in [-0.15, -0.1) is 0 Å². The number of nitrogens with two attached hydrogens (primary N) is 1. The van der Waals surface area contributed by atoms with Gasteiger partial charge in [-0.1, -0.05) is 23.8 Å². The van der Waals surface area contributed by atoms with Crippen LogP contribution in [0.3, 0.4) is 0 Å². The van der Waals surface area contributed by atoms with Gasteiger partial charge in [0.05, 0.1) is 28.5 Å². The van der Waals surface area contributed by atoms with E-state index in [0.29, 0.717) is 17.1 Å². The number of rotatable bonds is 3. The van der Waals surface area contributed by atoms with Gasteiger partial charge >= 0.3 is 0 Å². The number of halogens is 1. The summed E-state index contributed by atoms with van der Waals surface area (Å²) in [7, 11) is 1.79. The van der Waals surface area contributed by atoms with Crippen LogP contribution in [0.5, 0.6) is 0 Å². The van der Waals surface area contributed by atoms with E-state index >= 15 is 0 Å². The maximum absolute atomic E-state index is 12.2. The first kappa shape index (κ1) is 13.8. The zero-order chi connectivity index (χ0) is 14.2. The molecule has 19 heavy (non-hydrogen) atoms. The molecular weight excluding hydrogens is 284 g/mol. The molecule has 0 saturated carbocycles. The molecule has 0 bridgehead atoms. The third-order valence-electron chi connectivity index (χ3n) is 2.87. The van der Waals surface area contributed by atoms with Gasteiger partial charge in [-0.3, -0.25) is 9.48 Å². The molecular formula is C12H13ClN4OS. The molecule has 0 aromatic carbocycles. The van der Waals surface area contributed by atoms with Crippen LogP contribution in [-0.4, -0.2) is 19.3 Å². The highest BCUT2D eigenvalue weighted by Gasteiger charge is 2.13. The smallest absolute Gasteiger partial charge is 0.261 e. The lowest BCUT2D eigenvalue weighted by Gasteiger charge is -2.08. The van der Waals surface area contributed by atoms with Crippen LogP contribution in [0.4, 0.5) is 0 Å². The molecule has 5 nitrogen and oxygen atoms in total. The van der Waals surface area contributed by atoms with Crippen LogP contribution in [0.15, 0.2) is 23.1 Å². The molecule has 0 aliphatic heterocycles. The second-order valence-corrected chi connectivity index (χ2v) is 5.01. The van der Waals surface area contributed by atoms with Crippen molar-refractivity contribution in [2.75, 3.05) is 0 Å². The largest absolute Gasteiger partial charge is 0.389 e. The Balaban J connectivity index is 2.47. The Labute approximate surface area is 120 Å². The number of thiocarbonyl (C=S) groups is 1. The molecule has 0 fully saturated rings. The first-order valence-electron chi connectivity index (χ1n) is 5.59. The highest BCUT2D eigenvalue weighted by atomic mass is 35.5. The normalized spacial score (nSPS) is 10.7. The lowest BCUT2D eigenvalue weighted by atomic mass is 10.2. The Morgan fingerprint density at radius 2 is 2.26 bits per heavy atom. The molecule has 0 amide bonds. The third-order valence-corrected chi connectivity index (χ3v) is 3.58. The standard InChI is InChI=1S/C12H13ClN4OS/c1-7-10(13)9(16(2)15-7)6-17-5-3-4-8(11(14)19)12(17)18/h3-5H,6H2,1-2H3,(H2,14,19). The molecule has 2 aromatic heterocycles. The SMILES string of the molecule is Cc1nn(C)c(Cn2cccc(C(N)=S)c2=O)c1Cl. The van der Waals surface area contributed by atoms with Crippen LogP contribution >= 0.6 is 23.8 Å². The maximum atomic E-state index is 12.2. The monoisotopic (exact) mass is 296 g/mol. The molecule has 2 N–H and O–H groups in total. The van der Waals surface area contributed by atoms with Gasteiger partial charge in [0.25, 0.3) is 5.56 Å². The molecule has 2 rings (SSSR count). The summed E-state index contributed by atoms with van der Waals surface area (Å²) in [6.07, 6.45) is 1.67. The van der Waals surface area contributed by atoms with E-state index < -0.39 is 0 Å². The van der Waals surface area contributed by atoms with Crippen molar-refractivity contribution in [1.82, 2.24) is 14.3 Å². The Morgan fingerprint density at radius 1 is 1.58 bits per heavy atom. The van der Waals surface area contributed by atoms with E-state index in [1.54, 1.807) is 30.1 Å². The summed E-state index contributed by atoms with van der Waals surface area (Å²) >= 11 is 11.0. The molecule has 0 radical (unpaired) electrons. The van der Waals surface area contributed by atoms with Crippen molar-refractivity contribution >= 4 is 28.8 Å². The molecule has 0 aliphatic carbocycles. The second-order valence-electron chi connectivity index (χ2n) is 4.19. The fraction of sp³-hybridized carbons (Fsp3) is 0.250. The lowest BCUT2D eigenvalue weighted by molar-refractivity contribution is 0.651. The Bertz CT molecular complexity index is 704. The van der Waals surface area contributed by atoms with Crippen LogP contribution < -0.4 is 11.3 Å². The van der Waals surface area contributed by atoms with Gasteiger partial charge in [0.1, 0.15) is 4.99 Å². The van der Waals surface area contributed by atoms with E-state index in [4.69, 9.17) is 29.6 Å². The Hall–Kier alpha value is -1.66. The van der Waals surface area contributed by atoms with Crippen molar-refractivity contribution in [2.45, 2.75) is 13.5 Å². The summed E-state index contributed by atoms with van der Waals surface area (Å²) in [6.45, 7) is 2.14. The summed E-state index contributed by atoms with van der Waals surface area (Å²) in [5.74, 6) is 0. The summed E-state index contributed by atoms with van der Waals surface area (Å²) in [6, 6.07) is 3.34. The highest BCUT2D eigenvalue weighted by molar-refractivity contribution is 7.80. The lowest BCUT2D eigenvalue weighted by Crippen LogP contribution is -2.29. The van der Waals surface area contributed by atoms with Gasteiger partial charge in [-0.2, -0.15) is 5.10 Å². The van der Waals surface area contributed by atoms with Crippen molar-refractivity contribution < 1.29 is 0 Å². The van der Waals surface area contributed by atoms with Gasteiger partial charge in [0.15, 0.2) is 0 Å². The van der Waals surface area contributed by atoms with E-state index in [2.05, 4.69) is 5.10 Å². The van der Waals surface area contributed by atoms with Crippen molar-refractivity contribution in [3.05, 3.63) is 50.7 Å². The van der Waals surface area contributed by atoms with E-state index in [0.717, 1.165) is 11.4 Å². The first-order chi connectivity index (χ1) is 8.91. The van der Waals surface area contributed by atoms with Crippen LogP contribution in [0.25, 0.3) is 0 Å². The number of hydrogen-bond donors (Lipinski definition) is 1. The predicted octanol–water partition coefficient (Wildman–Crippen LogP) is 1.23. The third kappa shape index (κ3) is 2.54. The van der Waals surface area contributed by atoms with Gasteiger partial charge in [0, 0.05) is 13.2 Å². The van der Waals surface area contributed by atoms with E-state index in [9.17, 15) is 4.79 Å². The van der Waals surface area contributed by atoms with Crippen LogP contribution in [0.1, 0.15) is 17.0 Å². The van der Waals surface area contributed by atoms with E-state index in [-0.39, 0.29) is 10.5 Å². The van der Waals surface area contributed by atoms with Crippen molar-refractivity contribution in [3.8, 4) is 0 Å². The van der Waals surface area contributed by atoms with Gasteiger partial charge in [-0.05, 0) is 19.1 Å². The van der Waals surface area contributed by atoms with Gasteiger partial charge in [-0.25, -0.2) is 0 Å². The molecule has 2 heterocycles. The molecule has 0 unspecified atom stereocenters. The molecule has 0 spiro atoms. The van der Waals surface area contributed by atoms with Crippen molar-refractivity contribution in [2.24, 2.45) is 12.8 Å². The molecule has 0 saturated heterocycles. The average molecular weight is 297 g/mol. The Kier molecular flexibility index (Phi) is 3.73. The summed E-state index contributed by atoms with van der Waals surface area (Å²) in [5.41, 5.74) is 7.11. The molecule has 100 valence electrons. The molecule has 0 atom stereocenters. The minimum absolute atomic E-state index is 0.0895. The molecule has 7 heteroatoms. The number of aromatic nitrogens is 3. The molecule has 2 aromatic rings. The number of nitrogens with zero attached hydrogens (tertiary/aromatic N) is 3. The van der Waals surface area contributed by atoms with Crippen LogP contribution in [-0.2, 0) is 13.6 Å². The fourth-order valence-electron chi connectivity index (χ4n) is 1.86. The minimum Gasteiger partial charge on any atom is -0.389 e. The zero-order valence-corrected chi connectivity index (χ0v) is 12.1. The van der Waals surface area contributed by atoms with E-state index in [1.807, 2.05) is 6.92 Å². The number of aryl methyl sites for hydroxylation is 2. The minimum atomic E-state index is -0.232. The van der Waals surface area contributed by atoms with Crippen LogP contribution in [0, 0.1) is 6.92 Å². The summed E-state index contributed by atoms with van der Waals surface area (Å²) in [4.78, 5) is 12.3. The maximum Gasteiger partial charge on any atom is 0.261 e.